The lowest BCUT2D eigenvalue weighted by molar-refractivity contribution is 0.0698. The number of carbonyl (C=O) groups excluding carboxylic acids is 1. The van der Waals surface area contributed by atoms with E-state index in [1.54, 1.807) is 0 Å². The molecule has 1 saturated heterocycles. The quantitative estimate of drug-likeness (QED) is 0.831. The van der Waals surface area contributed by atoms with Gasteiger partial charge < -0.3 is 9.64 Å². The third kappa shape index (κ3) is 3.44. The van der Waals surface area contributed by atoms with Gasteiger partial charge in [-0.3, -0.25) is 4.90 Å². The van der Waals surface area contributed by atoms with Gasteiger partial charge in [0.2, 0.25) is 0 Å². The number of hydrogen-bond donors (Lipinski definition) is 0. The Morgan fingerprint density at radius 3 is 2.25 bits per heavy atom. The van der Waals surface area contributed by atoms with Gasteiger partial charge >= 0.3 is 6.09 Å². The maximum absolute atomic E-state index is 11.9. The predicted molar refractivity (Wildman–Crippen MR) is 83.2 cm³/mol. The molecule has 1 fully saturated rings. The highest BCUT2D eigenvalue weighted by atomic mass is 16.6. The molecule has 2 unspecified atom stereocenters. The van der Waals surface area contributed by atoms with Gasteiger partial charge in [-0.05, 0) is 32.9 Å². The molecule has 2 atom stereocenters. The van der Waals surface area contributed by atoms with Crippen molar-refractivity contribution >= 4 is 11.8 Å². The molecular formula is C16H26N2O2. The van der Waals surface area contributed by atoms with E-state index in [-0.39, 0.29) is 25.6 Å². The van der Waals surface area contributed by atoms with E-state index in [0.717, 1.165) is 13.1 Å². The van der Waals surface area contributed by atoms with Crippen LogP contribution < -0.4 is 4.90 Å². The van der Waals surface area contributed by atoms with E-state index in [9.17, 15) is 4.79 Å². The van der Waals surface area contributed by atoms with Crippen molar-refractivity contribution in [3.8, 4) is 0 Å². The molecule has 1 aromatic carbocycles. The number of anilines is 1. The van der Waals surface area contributed by atoms with Gasteiger partial charge in [0, 0.05) is 18.8 Å². The number of rotatable bonds is 2. The van der Waals surface area contributed by atoms with Crippen LogP contribution in [-0.4, -0.2) is 42.8 Å². The molecule has 0 aliphatic carbocycles. The number of nitrogens with zero attached hydrogens (tertiary/aromatic N) is 2. The fourth-order valence-corrected chi connectivity index (χ4v) is 2.73. The second-order valence-corrected chi connectivity index (χ2v) is 5.04. The second kappa shape index (κ2) is 7.17. The maximum atomic E-state index is 11.9. The van der Waals surface area contributed by atoms with Crippen molar-refractivity contribution in [2.24, 2.45) is 0 Å². The fraction of sp³-hybridized carbons (Fsp3) is 0.562. The minimum atomic E-state index is -0.199. The average Bonchev–Trinajstić information content (AvgIpc) is 2.39. The minimum Gasteiger partial charge on any atom is -0.450 e. The molecule has 1 aromatic rings. The van der Waals surface area contributed by atoms with Crippen molar-refractivity contribution in [3.63, 3.8) is 0 Å². The molecule has 4 nitrogen and oxygen atoms in total. The summed E-state index contributed by atoms with van der Waals surface area (Å²) in [4.78, 5) is 16.1. The van der Waals surface area contributed by atoms with E-state index in [1.807, 2.05) is 30.0 Å². The van der Waals surface area contributed by atoms with Crippen LogP contribution in [0.4, 0.5) is 10.5 Å². The number of ether oxygens (including phenoxy) is 1. The van der Waals surface area contributed by atoms with Crippen LogP contribution in [0.25, 0.3) is 0 Å². The van der Waals surface area contributed by atoms with E-state index in [0.29, 0.717) is 6.61 Å². The molecule has 20 heavy (non-hydrogen) atoms. The molecule has 0 radical (unpaired) electrons. The largest absolute Gasteiger partial charge is 0.450 e. The predicted octanol–water partition coefficient (Wildman–Crippen LogP) is 3.38. The maximum Gasteiger partial charge on any atom is 0.410 e. The number of para-hydroxylation sites is 1. The summed E-state index contributed by atoms with van der Waals surface area (Å²) < 4.78 is 5.13. The molecule has 0 saturated carbocycles. The van der Waals surface area contributed by atoms with E-state index in [4.69, 9.17) is 4.74 Å². The molecule has 1 aliphatic rings. The third-order valence-electron chi connectivity index (χ3n) is 3.52. The number of hydrogen-bond acceptors (Lipinski definition) is 3. The summed E-state index contributed by atoms with van der Waals surface area (Å²) in [5.41, 5.74) is 1.21. The highest BCUT2D eigenvalue weighted by Crippen LogP contribution is 2.22. The highest BCUT2D eigenvalue weighted by molar-refractivity contribution is 5.69. The Kier molecular flexibility index (Phi) is 5.86. The van der Waals surface area contributed by atoms with Crippen molar-refractivity contribution in [2.45, 2.75) is 40.3 Å². The molecule has 0 bridgehead atoms. The van der Waals surface area contributed by atoms with Crippen LogP contribution in [0.15, 0.2) is 30.3 Å². The normalized spacial score (nSPS) is 22.1. The van der Waals surface area contributed by atoms with Gasteiger partial charge in [0.05, 0.1) is 18.7 Å². The molecule has 4 heteroatoms. The van der Waals surface area contributed by atoms with E-state index in [2.05, 4.69) is 30.9 Å². The number of piperazine rings is 1. The number of amides is 1. The van der Waals surface area contributed by atoms with E-state index in [1.165, 1.54) is 5.69 Å². The van der Waals surface area contributed by atoms with Crippen LogP contribution in [0.3, 0.4) is 0 Å². The summed E-state index contributed by atoms with van der Waals surface area (Å²) in [6.45, 7) is 8.09. The summed E-state index contributed by atoms with van der Waals surface area (Å²) in [7, 11) is 0. The molecule has 0 spiro atoms. The Morgan fingerprint density at radius 1 is 1.20 bits per heavy atom. The zero-order valence-corrected chi connectivity index (χ0v) is 11.9. The lowest BCUT2D eigenvalue weighted by Gasteiger charge is -2.44. The second-order valence-electron chi connectivity index (χ2n) is 5.04. The van der Waals surface area contributed by atoms with Gasteiger partial charge in [-0.15, -0.1) is 0 Å². The van der Waals surface area contributed by atoms with Gasteiger partial charge in [-0.25, -0.2) is 4.79 Å². The molecule has 1 heterocycles. The first-order chi connectivity index (χ1) is 9.13. The standard InChI is InChI=1S/C15H22N2O2.CH4/c1-4-19-15(18)17-12(2)10-16(11-13(17)3)14-8-6-5-7-9-14;/h5-9,12-13H,4,10-11H2,1-3H3;1H4. The van der Waals surface area contributed by atoms with Crippen LogP contribution in [0, 0.1) is 0 Å². The zero-order chi connectivity index (χ0) is 13.8. The summed E-state index contributed by atoms with van der Waals surface area (Å²) in [5.74, 6) is 0. The first kappa shape index (κ1) is 16.3. The van der Waals surface area contributed by atoms with E-state index >= 15 is 0 Å². The SMILES string of the molecule is C.CCOC(=O)N1C(C)CN(c2ccccc2)CC1C. The smallest absolute Gasteiger partial charge is 0.410 e. The zero-order valence-electron chi connectivity index (χ0n) is 11.9. The topological polar surface area (TPSA) is 32.8 Å². The highest BCUT2D eigenvalue weighted by Gasteiger charge is 2.33. The molecule has 112 valence electrons. The number of carbonyl (C=O) groups is 1. The molecule has 2 rings (SSSR count). The van der Waals surface area contributed by atoms with Crippen molar-refractivity contribution in [1.29, 1.82) is 0 Å². The van der Waals surface area contributed by atoms with Crippen LogP contribution >= 0.6 is 0 Å². The number of benzene rings is 1. The monoisotopic (exact) mass is 278 g/mol. The van der Waals surface area contributed by atoms with Crippen molar-refractivity contribution in [1.82, 2.24) is 4.90 Å². The first-order valence-electron chi connectivity index (χ1n) is 6.88. The van der Waals surface area contributed by atoms with Crippen molar-refractivity contribution < 1.29 is 9.53 Å². The van der Waals surface area contributed by atoms with Gasteiger partial charge in [0.1, 0.15) is 0 Å². The summed E-state index contributed by atoms with van der Waals surface area (Å²) >= 11 is 0. The van der Waals surface area contributed by atoms with Crippen molar-refractivity contribution in [3.05, 3.63) is 30.3 Å². The molecule has 0 aromatic heterocycles. The Morgan fingerprint density at radius 2 is 1.75 bits per heavy atom. The first-order valence-corrected chi connectivity index (χ1v) is 6.88. The summed E-state index contributed by atoms with van der Waals surface area (Å²) in [5, 5.41) is 0. The molecule has 0 N–H and O–H groups in total. The van der Waals surface area contributed by atoms with Crippen LogP contribution in [0.1, 0.15) is 28.2 Å². The summed E-state index contributed by atoms with van der Waals surface area (Å²) in [6, 6.07) is 10.6. The van der Waals surface area contributed by atoms with Crippen LogP contribution in [-0.2, 0) is 4.74 Å². The average molecular weight is 278 g/mol. The lowest BCUT2D eigenvalue weighted by atomic mass is 10.1. The van der Waals surface area contributed by atoms with Crippen LogP contribution in [0.5, 0.6) is 0 Å². The lowest BCUT2D eigenvalue weighted by Crippen LogP contribution is -2.58. The van der Waals surface area contributed by atoms with Gasteiger partial charge in [0.15, 0.2) is 0 Å². The third-order valence-corrected chi connectivity index (χ3v) is 3.52. The Hall–Kier alpha value is -1.71. The van der Waals surface area contributed by atoms with Crippen LogP contribution in [0.2, 0.25) is 0 Å². The molecule has 1 amide bonds. The fourth-order valence-electron chi connectivity index (χ4n) is 2.73. The Labute approximate surface area is 122 Å². The van der Waals surface area contributed by atoms with E-state index < -0.39 is 0 Å². The van der Waals surface area contributed by atoms with Gasteiger partial charge in [-0.1, -0.05) is 25.6 Å². The van der Waals surface area contributed by atoms with Gasteiger partial charge in [0.25, 0.3) is 0 Å². The van der Waals surface area contributed by atoms with Crippen molar-refractivity contribution in [2.75, 3.05) is 24.6 Å². The molecular weight excluding hydrogens is 252 g/mol. The summed E-state index contributed by atoms with van der Waals surface area (Å²) in [6.07, 6.45) is -0.199. The van der Waals surface area contributed by atoms with Gasteiger partial charge in [-0.2, -0.15) is 0 Å². The Balaban J connectivity index is 0.00000200. The minimum absolute atomic E-state index is 0. The Bertz CT molecular complexity index is 410. The molecule has 1 aliphatic heterocycles.